The van der Waals surface area contributed by atoms with Gasteiger partial charge < -0.3 is 9.84 Å². The van der Waals surface area contributed by atoms with Gasteiger partial charge in [-0.15, -0.1) is 13.2 Å². The fourth-order valence-corrected chi connectivity index (χ4v) is 4.43. The maximum atomic E-state index is 13.1. The Bertz CT molecular complexity index is 1580. The molecule has 0 aliphatic heterocycles. The number of anilines is 1. The minimum Gasteiger partial charge on any atom is -0.493 e. The maximum Gasteiger partial charge on any atom is 0.573 e. The molecule has 0 bridgehead atoms. The number of hydrogen-bond donors (Lipinski definition) is 3. The first kappa shape index (κ1) is 26.8. The number of rotatable bonds is 9. The summed E-state index contributed by atoms with van der Waals surface area (Å²) in [5, 5.41) is 10.6. The summed E-state index contributed by atoms with van der Waals surface area (Å²) in [6, 6.07) is 16.4. The third-order valence-corrected chi connectivity index (χ3v) is 6.41. The second kappa shape index (κ2) is 10.6. The van der Waals surface area contributed by atoms with E-state index >= 15 is 0 Å². The minimum atomic E-state index is -4.87. The number of hydrogen-bond acceptors (Lipinski definition) is 6. The van der Waals surface area contributed by atoms with Crippen molar-refractivity contribution in [2.24, 2.45) is 0 Å². The lowest BCUT2D eigenvalue weighted by Crippen LogP contribution is -2.30. The molecule has 2 aromatic heterocycles. The van der Waals surface area contributed by atoms with E-state index in [0.717, 1.165) is 22.3 Å². The van der Waals surface area contributed by atoms with Gasteiger partial charge in [0.1, 0.15) is 11.6 Å². The summed E-state index contributed by atoms with van der Waals surface area (Å²) in [7, 11) is -3.95. The highest BCUT2D eigenvalue weighted by Gasteiger charge is 2.31. The molecule has 2 heterocycles. The normalized spacial score (nSPS) is 11.9. The Kier molecular flexibility index (Phi) is 7.46. The van der Waals surface area contributed by atoms with E-state index in [4.69, 9.17) is 0 Å². The highest BCUT2D eigenvalue weighted by atomic mass is 32.2. The minimum absolute atomic E-state index is 0.0117. The Morgan fingerprint density at radius 3 is 2.37 bits per heavy atom. The van der Waals surface area contributed by atoms with Crippen LogP contribution in [0, 0.1) is 6.92 Å². The summed E-state index contributed by atoms with van der Waals surface area (Å²) in [6.45, 7) is 1.52. The van der Waals surface area contributed by atoms with E-state index < -0.39 is 33.9 Å². The Morgan fingerprint density at radius 2 is 1.71 bits per heavy atom. The standard InChI is InChI=1S/C24H22F3N5O5S/c1-16-22(33)32(19-7-9-20(10-8-19)37-24(25,26)27)23(34)31(16)15-18-11-12-28-21(13-18)30-38(35,36)29-14-17-5-3-2-4-6-17/h2-13,29,33H,14-15H2,1H3,(H,28,30). The lowest BCUT2D eigenvalue weighted by Gasteiger charge is -2.10. The first-order valence-corrected chi connectivity index (χ1v) is 12.5. The van der Waals surface area contributed by atoms with E-state index in [2.05, 4.69) is 19.2 Å². The molecule has 0 saturated carbocycles. The van der Waals surface area contributed by atoms with E-state index in [9.17, 15) is 31.5 Å². The second-order valence-corrected chi connectivity index (χ2v) is 9.62. The SMILES string of the molecule is Cc1c(O)n(-c2ccc(OC(F)(F)F)cc2)c(=O)n1Cc1ccnc(NS(=O)(=O)NCc2ccccc2)c1. The van der Waals surface area contributed by atoms with Gasteiger partial charge in [0.05, 0.1) is 17.9 Å². The van der Waals surface area contributed by atoms with Crippen molar-refractivity contribution >= 4 is 16.0 Å². The number of aromatic hydroxyl groups is 1. The van der Waals surface area contributed by atoms with Crippen LogP contribution in [0.2, 0.25) is 0 Å². The largest absolute Gasteiger partial charge is 0.573 e. The third-order valence-electron chi connectivity index (χ3n) is 5.40. The quantitative estimate of drug-likeness (QED) is 0.294. The van der Waals surface area contributed by atoms with Gasteiger partial charge in [0, 0.05) is 12.7 Å². The molecule has 4 rings (SSSR count). The molecule has 200 valence electrons. The molecule has 3 N–H and O–H groups in total. The van der Waals surface area contributed by atoms with E-state index in [0.29, 0.717) is 5.56 Å². The molecule has 0 unspecified atom stereocenters. The van der Waals surface area contributed by atoms with Crippen molar-refractivity contribution < 1.29 is 31.4 Å². The molecular weight excluding hydrogens is 527 g/mol. The van der Waals surface area contributed by atoms with Gasteiger partial charge >= 0.3 is 22.3 Å². The van der Waals surface area contributed by atoms with Crippen LogP contribution in [0.4, 0.5) is 19.0 Å². The van der Waals surface area contributed by atoms with Crippen LogP contribution in [0.3, 0.4) is 0 Å². The topological polar surface area (TPSA) is 127 Å². The highest BCUT2D eigenvalue weighted by Crippen LogP contribution is 2.26. The molecule has 2 aromatic carbocycles. The number of benzene rings is 2. The molecule has 0 fully saturated rings. The van der Waals surface area contributed by atoms with E-state index in [1.54, 1.807) is 30.3 Å². The van der Waals surface area contributed by atoms with E-state index in [1.807, 2.05) is 6.07 Å². The fraction of sp³-hybridized carbons (Fsp3) is 0.167. The lowest BCUT2D eigenvalue weighted by molar-refractivity contribution is -0.274. The molecule has 0 amide bonds. The Morgan fingerprint density at radius 1 is 1.03 bits per heavy atom. The number of nitrogens with one attached hydrogen (secondary N) is 2. The molecule has 0 aliphatic carbocycles. The molecular formula is C24H22F3N5O5S. The van der Waals surface area contributed by atoms with Crippen LogP contribution < -0.4 is 19.9 Å². The van der Waals surface area contributed by atoms with Crippen LogP contribution in [-0.2, 0) is 23.3 Å². The molecule has 0 saturated heterocycles. The third kappa shape index (κ3) is 6.52. The van der Waals surface area contributed by atoms with Crippen molar-refractivity contribution in [1.29, 1.82) is 0 Å². The van der Waals surface area contributed by atoms with Crippen molar-refractivity contribution in [2.75, 3.05) is 4.72 Å². The van der Waals surface area contributed by atoms with Gasteiger partial charge in [-0.2, -0.15) is 13.1 Å². The predicted molar refractivity (Wildman–Crippen MR) is 132 cm³/mol. The number of halogens is 3. The fourth-order valence-electron chi connectivity index (χ4n) is 3.61. The predicted octanol–water partition coefficient (Wildman–Crippen LogP) is 3.44. The van der Waals surface area contributed by atoms with E-state index in [-0.39, 0.29) is 30.3 Å². The molecule has 0 atom stereocenters. The lowest BCUT2D eigenvalue weighted by atomic mass is 10.2. The highest BCUT2D eigenvalue weighted by molar-refractivity contribution is 7.90. The Hall–Kier alpha value is -4.30. The van der Waals surface area contributed by atoms with Gasteiger partial charge in [-0.25, -0.2) is 14.3 Å². The number of nitrogens with zero attached hydrogens (tertiary/aromatic N) is 3. The van der Waals surface area contributed by atoms with Gasteiger partial charge in [0.15, 0.2) is 0 Å². The monoisotopic (exact) mass is 549 g/mol. The first-order valence-electron chi connectivity index (χ1n) is 11.1. The van der Waals surface area contributed by atoms with Gasteiger partial charge in [-0.3, -0.25) is 9.29 Å². The summed E-state index contributed by atoms with van der Waals surface area (Å²) in [5.41, 5.74) is 0.914. The van der Waals surface area contributed by atoms with Crippen molar-refractivity contribution in [3.05, 3.63) is 100 Å². The van der Waals surface area contributed by atoms with Crippen LogP contribution in [0.15, 0.2) is 77.7 Å². The van der Waals surface area contributed by atoms with Crippen LogP contribution >= 0.6 is 0 Å². The number of imidazole rings is 1. The zero-order valence-electron chi connectivity index (χ0n) is 19.8. The number of ether oxygens (including phenoxy) is 1. The van der Waals surface area contributed by atoms with Crippen LogP contribution in [-0.4, -0.2) is 34.0 Å². The van der Waals surface area contributed by atoms with Crippen LogP contribution in [0.5, 0.6) is 11.6 Å². The van der Waals surface area contributed by atoms with Crippen molar-refractivity contribution in [2.45, 2.75) is 26.4 Å². The van der Waals surface area contributed by atoms with Gasteiger partial charge in [0.25, 0.3) is 0 Å². The first-order chi connectivity index (χ1) is 17.9. The number of alkyl halides is 3. The Labute approximate surface area is 215 Å². The van der Waals surface area contributed by atoms with Crippen molar-refractivity contribution in [3.8, 4) is 17.3 Å². The smallest absolute Gasteiger partial charge is 0.493 e. The van der Waals surface area contributed by atoms with Crippen molar-refractivity contribution in [3.63, 3.8) is 0 Å². The summed E-state index contributed by atoms with van der Waals surface area (Å²) >= 11 is 0. The molecule has 10 nitrogen and oxygen atoms in total. The van der Waals surface area contributed by atoms with E-state index in [1.165, 1.54) is 35.9 Å². The maximum absolute atomic E-state index is 13.1. The summed E-state index contributed by atoms with van der Waals surface area (Å²) < 4.78 is 72.9. The average molecular weight is 550 g/mol. The van der Waals surface area contributed by atoms with Crippen LogP contribution in [0.25, 0.3) is 5.69 Å². The number of pyridine rings is 1. The molecule has 0 radical (unpaired) electrons. The summed E-state index contributed by atoms with van der Waals surface area (Å²) in [4.78, 5) is 17.1. The van der Waals surface area contributed by atoms with Crippen molar-refractivity contribution in [1.82, 2.24) is 18.8 Å². The van der Waals surface area contributed by atoms with Gasteiger partial charge in [0.2, 0.25) is 5.88 Å². The average Bonchev–Trinajstić information content (AvgIpc) is 3.06. The zero-order chi connectivity index (χ0) is 27.5. The van der Waals surface area contributed by atoms with Crippen LogP contribution in [0.1, 0.15) is 16.8 Å². The molecule has 14 heteroatoms. The van der Waals surface area contributed by atoms with Gasteiger partial charge in [-0.1, -0.05) is 30.3 Å². The van der Waals surface area contributed by atoms with Gasteiger partial charge in [-0.05, 0) is 54.4 Å². The molecule has 38 heavy (non-hydrogen) atoms. The molecule has 0 aliphatic rings. The second-order valence-electron chi connectivity index (χ2n) is 8.12. The zero-order valence-corrected chi connectivity index (χ0v) is 20.6. The summed E-state index contributed by atoms with van der Waals surface area (Å²) in [6.07, 6.45) is -3.50. The Balaban J connectivity index is 1.52. The molecule has 4 aromatic rings. The molecule has 0 spiro atoms. The number of aromatic nitrogens is 3. The summed E-state index contributed by atoms with van der Waals surface area (Å²) in [5.74, 6) is -0.868.